The summed E-state index contributed by atoms with van der Waals surface area (Å²) in [5.41, 5.74) is 0.866. The van der Waals surface area contributed by atoms with E-state index in [-0.39, 0.29) is 23.5 Å². The van der Waals surface area contributed by atoms with Gasteiger partial charge < -0.3 is 25.2 Å². The molecule has 0 radical (unpaired) electrons. The molecular weight excluding hydrogens is 362 g/mol. The van der Waals surface area contributed by atoms with Gasteiger partial charge in [0.25, 0.3) is 0 Å². The van der Waals surface area contributed by atoms with Gasteiger partial charge in [0.2, 0.25) is 0 Å². The van der Waals surface area contributed by atoms with Crippen LogP contribution in [0.3, 0.4) is 0 Å². The monoisotopic (exact) mass is 380 g/mol. The van der Waals surface area contributed by atoms with Crippen molar-refractivity contribution in [3.63, 3.8) is 0 Å². The number of hydrogen-bond donors (Lipinski definition) is 3. The molecular formula is C14H19BrF2N2O3. The zero-order valence-electron chi connectivity index (χ0n) is 12.1. The number of nitrogens with one attached hydrogen (secondary N) is 2. The van der Waals surface area contributed by atoms with Gasteiger partial charge in [0.15, 0.2) is 11.5 Å². The predicted molar refractivity (Wildman–Crippen MR) is 81.4 cm³/mol. The smallest absolute Gasteiger partial charge is 0.387 e. The molecule has 124 valence electrons. The molecule has 0 saturated carbocycles. The molecule has 1 saturated heterocycles. The summed E-state index contributed by atoms with van der Waals surface area (Å²) in [4.78, 5) is 0. The quantitative estimate of drug-likeness (QED) is 0.672. The van der Waals surface area contributed by atoms with Gasteiger partial charge in [0.05, 0.1) is 17.7 Å². The Balaban J connectivity index is 1.97. The van der Waals surface area contributed by atoms with E-state index >= 15 is 0 Å². The van der Waals surface area contributed by atoms with Crippen molar-refractivity contribution in [3.8, 4) is 11.5 Å². The van der Waals surface area contributed by atoms with Crippen LogP contribution in [0.1, 0.15) is 5.56 Å². The summed E-state index contributed by atoms with van der Waals surface area (Å²) in [6, 6.07) is 3.36. The fourth-order valence-corrected chi connectivity index (χ4v) is 2.99. The molecule has 1 aromatic carbocycles. The van der Waals surface area contributed by atoms with Gasteiger partial charge in [-0.15, -0.1) is 0 Å². The summed E-state index contributed by atoms with van der Waals surface area (Å²) in [6.07, 6.45) is -0.337. The van der Waals surface area contributed by atoms with Crippen molar-refractivity contribution in [3.05, 3.63) is 22.2 Å². The number of hydrogen-bond acceptors (Lipinski definition) is 5. The maximum absolute atomic E-state index is 12.4. The van der Waals surface area contributed by atoms with Crippen molar-refractivity contribution in [2.45, 2.75) is 19.3 Å². The van der Waals surface area contributed by atoms with Crippen molar-refractivity contribution in [1.29, 1.82) is 0 Å². The van der Waals surface area contributed by atoms with Crippen LogP contribution in [-0.4, -0.2) is 44.6 Å². The highest BCUT2D eigenvalue weighted by Crippen LogP contribution is 2.37. The van der Waals surface area contributed by atoms with Crippen LogP contribution in [0.5, 0.6) is 11.5 Å². The SMILES string of the molecule is COc1cc(CNCC2CNCC2O)cc(Br)c1OC(F)F. The summed E-state index contributed by atoms with van der Waals surface area (Å²) in [5, 5.41) is 16.1. The number of halogens is 3. The molecule has 22 heavy (non-hydrogen) atoms. The lowest BCUT2D eigenvalue weighted by molar-refractivity contribution is -0.0517. The van der Waals surface area contributed by atoms with Gasteiger partial charge in [-0.1, -0.05) is 0 Å². The first kappa shape index (κ1) is 17.4. The Kier molecular flexibility index (Phi) is 6.37. The molecule has 5 nitrogen and oxygen atoms in total. The first-order valence-electron chi connectivity index (χ1n) is 6.92. The highest BCUT2D eigenvalue weighted by atomic mass is 79.9. The molecule has 0 bridgehead atoms. The Morgan fingerprint density at radius 1 is 1.45 bits per heavy atom. The fraction of sp³-hybridized carbons (Fsp3) is 0.571. The van der Waals surface area contributed by atoms with Crippen molar-refractivity contribution >= 4 is 15.9 Å². The summed E-state index contributed by atoms with van der Waals surface area (Å²) in [5.74, 6) is 0.400. The number of benzene rings is 1. The van der Waals surface area contributed by atoms with Crippen LogP contribution in [0.25, 0.3) is 0 Å². The van der Waals surface area contributed by atoms with Crippen LogP contribution in [0.2, 0.25) is 0 Å². The number of ether oxygens (including phenoxy) is 2. The van der Waals surface area contributed by atoms with Crippen LogP contribution in [0, 0.1) is 5.92 Å². The highest BCUT2D eigenvalue weighted by molar-refractivity contribution is 9.10. The summed E-state index contributed by atoms with van der Waals surface area (Å²) >= 11 is 3.22. The Labute approximate surface area is 136 Å². The third-order valence-corrected chi connectivity index (χ3v) is 4.13. The number of alkyl halides is 2. The molecule has 1 aromatic rings. The van der Waals surface area contributed by atoms with Crippen LogP contribution in [0.4, 0.5) is 8.78 Å². The largest absolute Gasteiger partial charge is 0.493 e. The molecule has 2 rings (SSSR count). The van der Waals surface area contributed by atoms with E-state index in [9.17, 15) is 13.9 Å². The lowest BCUT2D eigenvalue weighted by Gasteiger charge is -2.16. The fourth-order valence-electron chi connectivity index (χ4n) is 2.41. The molecule has 0 amide bonds. The Morgan fingerprint density at radius 2 is 2.23 bits per heavy atom. The first-order valence-corrected chi connectivity index (χ1v) is 7.71. The number of methoxy groups -OCH3 is 1. The van der Waals surface area contributed by atoms with Gasteiger partial charge in [0, 0.05) is 32.1 Å². The third kappa shape index (κ3) is 4.52. The molecule has 0 spiro atoms. The highest BCUT2D eigenvalue weighted by Gasteiger charge is 2.24. The van der Waals surface area contributed by atoms with Gasteiger partial charge in [-0.25, -0.2) is 0 Å². The third-order valence-electron chi connectivity index (χ3n) is 3.54. The average molecular weight is 381 g/mol. The maximum Gasteiger partial charge on any atom is 0.387 e. The zero-order valence-corrected chi connectivity index (χ0v) is 13.7. The molecule has 1 aliphatic heterocycles. The number of β-amino-alcohol motifs (C(OH)–C–C–N with tert-alkyl or cyclic N) is 1. The zero-order chi connectivity index (χ0) is 16.1. The van der Waals surface area contributed by atoms with Crippen LogP contribution >= 0.6 is 15.9 Å². The lowest BCUT2D eigenvalue weighted by atomic mass is 10.1. The number of aliphatic hydroxyl groups excluding tert-OH is 1. The van der Waals surface area contributed by atoms with E-state index in [1.165, 1.54) is 7.11 Å². The minimum atomic E-state index is -2.91. The van der Waals surface area contributed by atoms with Gasteiger partial charge in [-0.05, 0) is 33.6 Å². The second-order valence-corrected chi connectivity index (χ2v) is 5.96. The van der Waals surface area contributed by atoms with E-state index in [1.54, 1.807) is 12.1 Å². The minimum Gasteiger partial charge on any atom is -0.493 e. The second-order valence-electron chi connectivity index (χ2n) is 5.10. The maximum atomic E-state index is 12.4. The molecule has 8 heteroatoms. The standard InChI is InChI=1S/C14H19BrF2N2O3/c1-21-12-3-8(2-10(15)13(12)22-14(16)17)4-18-5-9-6-19-7-11(9)20/h2-3,9,11,14,18-20H,4-7H2,1H3. The Hall–Kier alpha value is -0.960. The van der Waals surface area contributed by atoms with E-state index in [1.807, 2.05) is 0 Å². The van der Waals surface area contributed by atoms with E-state index in [0.717, 1.165) is 12.1 Å². The Bertz CT molecular complexity index is 505. The van der Waals surface area contributed by atoms with E-state index in [2.05, 4.69) is 31.3 Å². The predicted octanol–water partition coefficient (Wildman–Crippen LogP) is 1.73. The molecule has 1 aliphatic rings. The molecule has 0 aromatic heterocycles. The Morgan fingerprint density at radius 3 is 2.82 bits per heavy atom. The molecule has 1 heterocycles. The van der Waals surface area contributed by atoms with Crippen LogP contribution < -0.4 is 20.1 Å². The number of rotatable bonds is 7. The summed E-state index contributed by atoms with van der Waals surface area (Å²) in [6.45, 7) is -0.310. The molecule has 1 fully saturated rings. The van der Waals surface area contributed by atoms with Crippen molar-refractivity contribution in [2.24, 2.45) is 5.92 Å². The van der Waals surface area contributed by atoms with Gasteiger partial charge in [-0.3, -0.25) is 0 Å². The van der Waals surface area contributed by atoms with Gasteiger partial charge >= 0.3 is 6.61 Å². The van der Waals surface area contributed by atoms with E-state index in [4.69, 9.17) is 4.74 Å². The number of aliphatic hydroxyl groups is 1. The summed E-state index contributed by atoms with van der Waals surface area (Å²) in [7, 11) is 1.40. The molecule has 2 unspecified atom stereocenters. The van der Waals surface area contributed by atoms with Crippen molar-refractivity contribution in [1.82, 2.24) is 10.6 Å². The van der Waals surface area contributed by atoms with Gasteiger partial charge in [0.1, 0.15) is 0 Å². The molecule has 2 atom stereocenters. The normalized spacial score (nSPS) is 21.4. The lowest BCUT2D eigenvalue weighted by Crippen LogP contribution is -2.30. The van der Waals surface area contributed by atoms with Gasteiger partial charge in [-0.2, -0.15) is 8.78 Å². The van der Waals surface area contributed by atoms with E-state index < -0.39 is 6.61 Å². The molecule has 3 N–H and O–H groups in total. The van der Waals surface area contributed by atoms with E-state index in [0.29, 0.717) is 24.1 Å². The minimum absolute atomic E-state index is 0.0170. The first-order chi connectivity index (χ1) is 10.5. The van der Waals surface area contributed by atoms with Crippen molar-refractivity contribution < 1.29 is 23.4 Å². The van der Waals surface area contributed by atoms with Crippen LogP contribution in [-0.2, 0) is 6.54 Å². The topological polar surface area (TPSA) is 62.8 Å². The van der Waals surface area contributed by atoms with Crippen molar-refractivity contribution in [2.75, 3.05) is 26.7 Å². The molecule has 0 aliphatic carbocycles. The van der Waals surface area contributed by atoms with Crippen LogP contribution in [0.15, 0.2) is 16.6 Å². The second kappa shape index (κ2) is 8.05. The summed E-state index contributed by atoms with van der Waals surface area (Å²) < 4.78 is 34.7. The average Bonchev–Trinajstić information content (AvgIpc) is 2.86.